The molecule has 0 heterocycles. The maximum atomic E-state index is 9.60. The van der Waals surface area contributed by atoms with E-state index in [1.165, 1.54) is 19.8 Å². The maximum Gasteiger partial charge on any atom is 0.330 e. The molecule has 0 aromatic heterocycles. The van der Waals surface area contributed by atoms with E-state index in [1.807, 2.05) is 0 Å². The van der Waals surface area contributed by atoms with Gasteiger partial charge in [0.2, 0.25) is 0 Å². The van der Waals surface area contributed by atoms with Gasteiger partial charge in [-0.2, -0.15) is 0 Å². The fourth-order valence-electron chi connectivity index (χ4n) is 0.167. The van der Waals surface area contributed by atoms with Crippen LogP contribution >= 0.6 is 0 Å². The van der Waals surface area contributed by atoms with E-state index in [0.29, 0.717) is 0 Å². The highest BCUT2D eigenvalue weighted by atomic mass is 16.4. The lowest BCUT2D eigenvalue weighted by atomic mass is 10.4. The Hall–Kier alpha value is -0.790. The van der Waals surface area contributed by atoms with Crippen molar-refractivity contribution >= 4 is 5.97 Å². The minimum atomic E-state index is -0.935. The number of hydrogen-bond donors (Lipinski definition) is 1. The average Bonchev–Trinajstić information content (AvgIpc) is 2.52. The summed E-state index contributed by atoms with van der Waals surface area (Å²) < 4.78 is 0. The van der Waals surface area contributed by atoms with Gasteiger partial charge in [0.05, 0.1) is 0 Å². The monoisotopic (exact) mass is 142 g/mol. The first kappa shape index (κ1) is 9.21. The molecule has 0 bridgehead atoms. The summed E-state index contributed by atoms with van der Waals surface area (Å²) >= 11 is 0. The van der Waals surface area contributed by atoms with Gasteiger partial charge in [-0.3, -0.25) is 0 Å². The van der Waals surface area contributed by atoms with Crippen molar-refractivity contribution in [3.8, 4) is 0 Å². The molecule has 2 heteroatoms. The van der Waals surface area contributed by atoms with Crippen LogP contribution in [0.1, 0.15) is 26.7 Å². The van der Waals surface area contributed by atoms with Crippen LogP contribution in [0.4, 0.5) is 0 Å². The van der Waals surface area contributed by atoms with Crippen LogP contribution in [0.3, 0.4) is 0 Å². The number of rotatable bonds is 1. The van der Waals surface area contributed by atoms with Crippen molar-refractivity contribution in [1.82, 2.24) is 0 Å². The summed E-state index contributed by atoms with van der Waals surface area (Å²) in [5.41, 5.74) is 0.176. The van der Waals surface area contributed by atoms with Gasteiger partial charge in [-0.05, 0) is 12.8 Å². The van der Waals surface area contributed by atoms with Crippen LogP contribution in [-0.2, 0) is 4.79 Å². The smallest absolute Gasteiger partial charge is 0.330 e. The fourth-order valence-corrected chi connectivity index (χ4v) is 0.167. The lowest BCUT2D eigenvalue weighted by molar-refractivity contribution is -0.132. The molecule has 1 fully saturated rings. The van der Waals surface area contributed by atoms with Crippen LogP contribution < -0.4 is 0 Å². The van der Waals surface area contributed by atoms with Gasteiger partial charge < -0.3 is 5.11 Å². The third-order valence-corrected chi connectivity index (χ3v) is 1.23. The molecule has 0 saturated heterocycles. The first-order valence-corrected chi connectivity index (χ1v) is 3.43. The van der Waals surface area contributed by atoms with Gasteiger partial charge in [-0.1, -0.05) is 26.3 Å². The quantitative estimate of drug-likeness (QED) is 0.569. The fraction of sp³-hybridized carbons (Fsp3) is 0.625. The first-order valence-electron chi connectivity index (χ1n) is 3.43. The van der Waals surface area contributed by atoms with Gasteiger partial charge in [0.1, 0.15) is 0 Å². The predicted octanol–water partition coefficient (Wildman–Crippen LogP) is 2.06. The summed E-state index contributed by atoms with van der Waals surface area (Å²) in [7, 11) is 0. The van der Waals surface area contributed by atoms with E-state index in [-0.39, 0.29) is 5.57 Å². The molecule has 1 rings (SSSR count). The topological polar surface area (TPSA) is 37.3 Å². The molecule has 0 spiro atoms. The molecule has 0 atom stereocenters. The highest BCUT2D eigenvalue weighted by Crippen LogP contribution is 2.26. The molecule has 0 aromatic carbocycles. The standard InChI is InChI=1S/C4H6O2.C4H8/c1-3(2)4(5)6;1-4-2-3-4/h1H2,2H3,(H,5,6);4H,2-3H2,1H3. The van der Waals surface area contributed by atoms with Gasteiger partial charge in [0.15, 0.2) is 0 Å². The summed E-state index contributed by atoms with van der Waals surface area (Å²) in [5.74, 6) is 0.148. The largest absolute Gasteiger partial charge is 0.478 e. The van der Waals surface area contributed by atoms with Crippen LogP contribution in [0.15, 0.2) is 12.2 Å². The van der Waals surface area contributed by atoms with Crippen molar-refractivity contribution < 1.29 is 9.90 Å². The summed E-state index contributed by atoms with van der Waals surface area (Å²) in [4.78, 5) is 9.60. The molecule has 1 aliphatic rings. The number of carbonyl (C=O) groups is 1. The van der Waals surface area contributed by atoms with Gasteiger partial charge in [-0.25, -0.2) is 4.79 Å². The zero-order valence-electron chi connectivity index (χ0n) is 6.55. The molecule has 0 amide bonds. The summed E-state index contributed by atoms with van der Waals surface area (Å²) in [6.45, 7) is 6.88. The van der Waals surface area contributed by atoms with Crippen molar-refractivity contribution in [2.24, 2.45) is 5.92 Å². The molecular weight excluding hydrogens is 128 g/mol. The number of carboxylic acids is 1. The van der Waals surface area contributed by atoms with E-state index < -0.39 is 5.97 Å². The van der Waals surface area contributed by atoms with Crippen LogP contribution in [0.2, 0.25) is 0 Å². The SMILES string of the molecule is C=C(C)C(=O)O.CC1CC1. The van der Waals surface area contributed by atoms with Crippen molar-refractivity contribution in [3.63, 3.8) is 0 Å². The Balaban J connectivity index is 0.000000172. The van der Waals surface area contributed by atoms with Crippen LogP contribution in [-0.4, -0.2) is 11.1 Å². The number of hydrogen-bond acceptors (Lipinski definition) is 1. The summed E-state index contributed by atoms with van der Waals surface area (Å²) in [5, 5.41) is 7.89. The zero-order chi connectivity index (χ0) is 8.15. The Labute approximate surface area is 61.6 Å². The highest BCUT2D eigenvalue weighted by molar-refractivity contribution is 5.84. The van der Waals surface area contributed by atoms with E-state index in [1.54, 1.807) is 0 Å². The molecule has 58 valence electrons. The van der Waals surface area contributed by atoms with Gasteiger partial charge in [-0.15, -0.1) is 0 Å². The van der Waals surface area contributed by atoms with E-state index in [4.69, 9.17) is 5.11 Å². The zero-order valence-corrected chi connectivity index (χ0v) is 6.55. The second kappa shape index (κ2) is 4.09. The number of carboxylic acid groups (broad SMARTS) is 1. The second-order valence-corrected chi connectivity index (χ2v) is 2.77. The third kappa shape index (κ3) is 7.21. The van der Waals surface area contributed by atoms with E-state index in [9.17, 15) is 4.79 Å². The van der Waals surface area contributed by atoms with E-state index in [0.717, 1.165) is 5.92 Å². The van der Waals surface area contributed by atoms with Crippen molar-refractivity contribution in [2.45, 2.75) is 26.7 Å². The Morgan fingerprint density at radius 2 is 1.80 bits per heavy atom. The Morgan fingerprint density at radius 3 is 1.80 bits per heavy atom. The molecule has 0 aromatic rings. The van der Waals surface area contributed by atoms with Crippen LogP contribution in [0.25, 0.3) is 0 Å². The maximum absolute atomic E-state index is 9.60. The van der Waals surface area contributed by atoms with Gasteiger partial charge in [0, 0.05) is 5.57 Å². The van der Waals surface area contributed by atoms with Gasteiger partial charge in [0.25, 0.3) is 0 Å². The molecule has 1 aliphatic carbocycles. The number of aliphatic carboxylic acids is 1. The molecule has 0 unspecified atom stereocenters. The molecule has 1 saturated carbocycles. The minimum absolute atomic E-state index is 0.176. The van der Waals surface area contributed by atoms with Gasteiger partial charge >= 0.3 is 5.97 Å². The molecule has 1 N–H and O–H groups in total. The van der Waals surface area contributed by atoms with Crippen LogP contribution in [0, 0.1) is 5.92 Å². The summed E-state index contributed by atoms with van der Waals surface area (Å²) in [6, 6.07) is 0. The van der Waals surface area contributed by atoms with Crippen LogP contribution in [0.5, 0.6) is 0 Å². The molecule has 10 heavy (non-hydrogen) atoms. The van der Waals surface area contributed by atoms with E-state index >= 15 is 0 Å². The van der Waals surface area contributed by atoms with Crippen molar-refractivity contribution in [1.29, 1.82) is 0 Å². The van der Waals surface area contributed by atoms with E-state index in [2.05, 4.69) is 13.5 Å². The average molecular weight is 142 g/mol. The Morgan fingerprint density at radius 1 is 1.60 bits per heavy atom. The first-order chi connectivity index (χ1) is 4.54. The Bertz CT molecular complexity index is 122. The lowest BCUT2D eigenvalue weighted by Gasteiger charge is -1.79. The lowest BCUT2D eigenvalue weighted by Crippen LogP contribution is -1.92. The normalized spacial score (nSPS) is 15.0. The Kier molecular flexibility index (Phi) is 3.77. The molecule has 2 nitrogen and oxygen atoms in total. The van der Waals surface area contributed by atoms with Crippen molar-refractivity contribution in [2.75, 3.05) is 0 Å². The molecular formula is C8H14O2. The summed E-state index contributed by atoms with van der Waals surface area (Å²) in [6.07, 6.45) is 2.97. The van der Waals surface area contributed by atoms with Crippen molar-refractivity contribution in [3.05, 3.63) is 12.2 Å². The molecule has 0 radical (unpaired) electrons. The molecule has 0 aliphatic heterocycles. The second-order valence-electron chi connectivity index (χ2n) is 2.77. The minimum Gasteiger partial charge on any atom is -0.478 e. The predicted molar refractivity (Wildman–Crippen MR) is 40.8 cm³/mol. The third-order valence-electron chi connectivity index (χ3n) is 1.23. The highest BCUT2D eigenvalue weighted by Gasteiger charge is 2.12.